The number of aromatic nitrogens is 5. The van der Waals surface area contributed by atoms with E-state index in [-0.39, 0.29) is 5.56 Å². The first-order valence-electron chi connectivity index (χ1n) is 9.13. The Morgan fingerprint density at radius 1 is 1.03 bits per heavy atom. The second kappa shape index (κ2) is 6.89. The maximum absolute atomic E-state index is 13.3. The summed E-state index contributed by atoms with van der Waals surface area (Å²) in [6.07, 6.45) is 0. The van der Waals surface area contributed by atoms with Crippen molar-refractivity contribution in [3.05, 3.63) is 82.0 Å². The maximum Gasteiger partial charge on any atom is 0.267 e. The number of hydrogen-bond donors (Lipinski definition) is 0. The Balaban J connectivity index is 1.76. The zero-order valence-electron chi connectivity index (χ0n) is 15.9. The minimum absolute atomic E-state index is 0.113. The van der Waals surface area contributed by atoms with Gasteiger partial charge in [0.25, 0.3) is 5.56 Å². The van der Waals surface area contributed by atoms with E-state index in [9.17, 15) is 4.79 Å². The van der Waals surface area contributed by atoms with Crippen molar-refractivity contribution in [2.75, 3.05) is 0 Å². The molecule has 0 bridgehead atoms. The van der Waals surface area contributed by atoms with Crippen LogP contribution in [-0.4, -0.2) is 24.3 Å². The summed E-state index contributed by atoms with van der Waals surface area (Å²) in [7, 11) is 0. The van der Waals surface area contributed by atoms with Crippen molar-refractivity contribution in [2.45, 2.75) is 24.8 Å². The molecule has 0 unspecified atom stereocenters. The highest BCUT2D eigenvalue weighted by molar-refractivity contribution is 7.98. The van der Waals surface area contributed by atoms with Crippen molar-refractivity contribution in [2.24, 2.45) is 0 Å². The first-order valence-corrected chi connectivity index (χ1v) is 10.1. The van der Waals surface area contributed by atoms with Gasteiger partial charge in [0.15, 0.2) is 5.16 Å². The van der Waals surface area contributed by atoms with Crippen LogP contribution in [0.25, 0.3) is 22.4 Å². The third-order valence-corrected chi connectivity index (χ3v) is 5.74. The van der Waals surface area contributed by atoms with Crippen molar-refractivity contribution in [3.63, 3.8) is 0 Å². The lowest BCUT2D eigenvalue weighted by atomic mass is 10.2. The van der Waals surface area contributed by atoms with Crippen molar-refractivity contribution in [1.29, 1.82) is 0 Å². The number of hydrogen-bond acceptors (Lipinski definition) is 6. The quantitative estimate of drug-likeness (QED) is 0.423. The molecular formula is C21H17N5O2S. The lowest BCUT2D eigenvalue weighted by molar-refractivity contribution is 0.393. The standard InChI is InChI=1S/C21H17N5O2S/c1-13-7-3-5-9-17(13)25-19(27)16-8-4-6-10-18(16)26-20(25)22-23-21(26)29-12-15-11-14(2)28-24-15/h3-11H,12H2,1-2H3. The van der Waals surface area contributed by atoms with Crippen LogP contribution in [0.3, 0.4) is 0 Å². The maximum atomic E-state index is 13.3. The van der Waals surface area contributed by atoms with Gasteiger partial charge in [-0.15, -0.1) is 10.2 Å². The van der Waals surface area contributed by atoms with Crippen LogP contribution in [0.1, 0.15) is 17.0 Å². The second-order valence-corrected chi connectivity index (χ2v) is 7.72. The van der Waals surface area contributed by atoms with Crippen LogP contribution < -0.4 is 5.56 Å². The Hall–Kier alpha value is -3.39. The molecule has 5 aromatic rings. The lowest BCUT2D eigenvalue weighted by Crippen LogP contribution is -2.22. The number of rotatable bonds is 4. The molecule has 0 N–H and O–H groups in total. The van der Waals surface area contributed by atoms with Crippen LogP contribution >= 0.6 is 11.8 Å². The van der Waals surface area contributed by atoms with Crippen molar-refractivity contribution < 1.29 is 4.52 Å². The highest BCUT2D eigenvalue weighted by Crippen LogP contribution is 2.26. The van der Waals surface area contributed by atoms with Gasteiger partial charge in [-0.3, -0.25) is 9.20 Å². The Morgan fingerprint density at radius 3 is 2.62 bits per heavy atom. The molecule has 5 rings (SSSR count). The van der Waals surface area contributed by atoms with Gasteiger partial charge < -0.3 is 4.52 Å². The Bertz CT molecular complexity index is 1420. The van der Waals surface area contributed by atoms with E-state index in [1.165, 1.54) is 11.8 Å². The first-order chi connectivity index (χ1) is 14.1. The predicted molar refractivity (Wildman–Crippen MR) is 112 cm³/mol. The average Bonchev–Trinajstić information content (AvgIpc) is 3.34. The molecule has 7 nitrogen and oxygen atoms in total. The zero-order valence-corrected chi connectivity index (χ0v) is 16.7. The van der Waals surface area contributed by atoms with Gasteiger partial charge in [-0.2, -0.15) is 0 Å². The Kier molecular flexibility index (Phi) is 4.21. The monoisotopic (exact) mass is 403 g/mol. The van der Waals surface area contributed by atoms with E-state index in [0.29, 0.717) is 22.1 Å². The van der Waals surface area contributed by atoms with Gasteiger partial charge in [0.05, 0.1) is 22.3 Å². The van der Waals surface area contributed by atoms with Crippen LogP contribution in [0, 0.1) is 13.8 Å². The predicted octanol–water partition coefficient (Wildman–Crippen LogP) is 3.93. The van der Waals surface area contributed by atoms with Gasteiger partial charge in [-0.05, 0) is 37.6 Å². The van der Waals surface area contributed by atoms with Gasteiger partial charge in [-0.25, -0.2) is 4.57 Å². The second-order valence-electron chi connectivity index (χ2n) is 6.78. The number of benzene rings is 2. The highest BCUT2D eigenvalue weighted by atomic mass is 32.2. The van der Waals surface area contributed by atoms with Crippen LogP contribution in [0.4, 0.5) is 0 Å². The summed E-state index contributed by atoms with van der Waals surface area (Å²) >= 11 is 1.50. The molecule has 2 aromatic carbocycles. The molecule has 29 heavy (non-hydrogen) atoms. The van der Waals surface area contributed by atoms with Gasteiger partial charge in [0, 0.05) is 11.8 Å². The van der Waals surface area contributed by atoms with Gasteiger partial charge in [0.1, 0.15) is 5.76 Å². The summed E-state index contributed by atoms with van der Waals surface area (Å²) < 4.78 is 8.71. The van der Waals surface area contributed by atoms with Gasteiger partial charge >= 0.3 is 0 Å². The third kappa shape index (κ3) is 2.92. The summed E-state index contributed by atoms with van der Waals surface area (Å²) in [5, 5.41) is 14.1. The normalized spacial score (nSPS) is 11.5. The van der Waals surface area contributed by atoms with Crippen molar-refractivity contribution in [3.8, 4) is 5.69 Å². The smallest absolute Gasteiger partial charge is 0.267 e. The number of fused-ring (bicyclic) bond motifs is 3. The molecule has 0 radical (unpaired) electrons. The summed E-state index contributed by atoms with van der Waals surface area (Å²) in [4.78, 5) is 13.3. The molecule has 8 heteroatoms. The van der Waals surface area contributed by atoms with Gasteiger partial charge in [0.2, 0.25) is 5.78 Å². The summed E-state index contributed by atoms with van der Waals surface area (Å²) in [5.74, 6) is 1.85. The fourth-order valence-electron chi connectivity index (χ4n) is 3.43. The molecule has 3 heterocycles. The molecule has 0 amide bonds. The number of aryl methyl sites for hydroxylation is 2. The van der Waals surface area contributed by atoms with Crippen LogP contribution in [0.15, 0.2) is 69.1 Å². The summed E-state index contributed by atoms with van der Waals surface area (Å²) in [6, 6.07) is 17.2. The van der Waals surface area contributed by atoms with E-state index in [1.54, 1.807) is 4.57 Å². The molecule has 144 valence electrons. The molecule has 0 aliphatic rings. The SMILES string of the molecule is Cc1cc(CSc2nnc3n(-c4ccccc4C)c(=O)c4ccccc4n23)no1. The third-order valence-electron chi connectivity index (χ3n) is 4.78. The van der Waals surface area contributed by atoms with Crippen LogP contribution in [0.5, 0.6) is 0 Å². The molecular weight excluding hydrogens is 386 g/mol. The molecule has 0 saturated carbocycles. The molecule has 0 saturated heterocycles. The topological polar surface area (TPSA) is 78.2 Å². The Morgan fingerprint density at radius 2 is 1.83 bits per heavy atom. The van der Waals surface area contributed by atoms with Crippen molar-refractivity contribution in [1.82, 2.24) is 24.3 Å². The molecule has 0 fully saturated rings. The largest absolute Gasteiger partial charge is 0.361 e. The summed E-state index contributed by atoms with van der Waals surface area (Å²) in [6.45, 7) is 3.84. The van der Waals surface area contributed by atoms with E-state index >= 15 is 0 Å². The molecule has 0 aliphatic heterocycles. The van der Waals surface area contributed by atoms with E-state index in [0.717, 1.165) is 28.2 Å². The molecule has 0 atom stereocenters. The lowest BCUT2D eigenvalue weighted by Gasteiger charge is -2.13. The number of para-hydroxylation sites is 2. The fourth-order valence-corrected chi connectivity index (χ4v) is 4.25. The van der Waals surface area contributed by atoms with E-state index in [4.69, 9.17) is 4.52 Å². The summed E-state index contributed by atoms with van der Waals surface area (Å²) in [5.41, 5.74) is 3.28. The van der Waals surface area contributed by atoms with Crippen LogP contribution in [-0.2, 0) is 5.75 Å². The minimum Gasteiger partial charge on any atom is -0.361 e. The van der Waals surface area contributed by atoms with E-state index < -0.39 is 0 Å². The van der Waals surface area contributed by atoms with Crippen LogP contribution in [0.2, 0.25) is 0 Å². The Labute approximate surface area is 170 Å². The minimum atomic E-state index is -0.113. The molecule has 0 spiro atoms. The molecule has 0 aliphatic carbocycles. The fraction of sp³-hybridized carbons (Fsp3) is 0.143. The highest BCUT2D eigenvalue weighted by Gasteiger charge is 2.19. The van der Waals surface area contributed by atoms with E-state index in [1.807, 2.05) is 72.8 Å². The number of thioether (sulfide) groups is 1. The number of nitrogens with zero attached hydrogens (tertiary/aromatic N) is 5. The zero-order chi connectivity index (χ0) is 20.0. The first kappa shape index (κ1) is 17.7. The molecule has 3 aromatic heterocycles. The van der Waals surface area contributed by atoms with Gasteiger partial charge in [-0.1, -0.05) is 47.3 Å². The van der Waals surface area contributed by atoms with E-state index in [2.05, 4.69) is 15.4 Å². The average molecular weight is 403 g/mol. The van der Waals surface area contributed by atoms with Crippen molar-refractivity contribution >= 4 is 28.4 Å².